The second-order valence-electron chi connectivity index (χ2n) is 10.1. The molecule has 0 aliphatic heterocycles. The lowest BCUT2D eigenvalue weighted by Gasteiger charge is -2.32. The van der Waals surface area contributed by atoms with Crippen molar-refractivity contribution in [2.24, 2.45) is 5.92 Å². The van der Waals surface area contributed by atoms with E-state index in [1.807, 2.05) is 45.0 Å². The van der Waals surface area contributed by atoms with Gasteiger partial charge < -0.3 is 15.0 Å². The second-order valence-corrected chi connectivity index (χ2v) is 13.7. The minimum Gasteiger partial charge on any atom is -0.496 e. The summed E-state index contributed by atoms with van der Waals surface area (Å²) in [4.78, 5) is 28.5. The van der Waals surface area contributed by atoms with E-state index >= 15 is 0 Å². The Balaban J connectivity index is 2.03. The van der Waals surface area contributed by atoms with Gasteiger partial charge in [-0.05, 0) is 83.7 Å². The molecule has 0 unspecified atom stereocenters. The fourth-order valence-electron chi connectivity index (χ4n) is 4.00. The molecule has 0 bridgehead atoms. The van der Waals surface area contributed by atoms with Gasteiger partial charge in [0.1, 0.15) is 18.3 Å². The van der Waals surface area contributed by atoms with Gasteiger partial charge in [0.05, 0.1) is 22.2 Å². The predicted octanol–water partition coefficient (Wildman–Crippen LogP) is 5.91. The van der Waals surface area contributed by atoms with Crippen LogP contribution in [0.3, 0.4) is 0 Å². The molecule has 220 valence electrons. The summed E-state index contributed by atoms with van der Waals surface area (Å²) >= 11 is 6.78. The van der Waals surface area contributed by atoms with Crippen molar-refractivity contribution in [3.8, 4) is 5.75 Å². The van der Waals surface area contributed by atoms with Gasteiger partial charge in [-0.3, -0.25) is 13.9 Å². The summed E-state index contributed by atoms with van der Waals surface area (Å²) in [6.45, 7) is 7.59. The largest absolute Gasteiger partial charge is 0.496 e. The molecule has 0 heterocycles. The summed E-state index contributed by atoms with van der Waals surface area (Å²) < 4.78 is 35.7. The predicted molar refractivity (Wildman–Crippen MR) is 168 cm³/mol. The first kappa shape index (κ1) is 32.6. The molecule has 3 aromatic carbocycles. The van der Waals surface area contributed by atoms with Crippen LogP contribution >= 0.6 is 31.9 Å². The fraction of sp³-hybridized carbons (Fsp3) is 0.333. The first-order valence-electron chi connectivity index (χ1n) is 13.1. The van der Waals surface area contributed by atoms with E-state index in [0.717, 1.165) is 19.9 Å². The number of ether oxygens (including phenoxy) is 1. The van der Waals surface area contributed by atoms with Crippen molar-refractivity contribution >= 4 is 59.4 Å². The van der Waals surface area contributed by atoms with Gasteiger partial charge in [0.15, 0.2) is 0 Å². The maximum absolute atomic E-state index is 14.0. The molecule has 0 fully saturated rings. The van der Waals surface area contributed by atoms with E-state index in [0.29, 0.717) is 22.5 Å². The van der Waals surface area contributed by atoms with E-state index in [4.69, 9.17) is 4.74 Å². The summed E-state index contributed by atoms with van der Waals surface area (Å²) in [6.07, 6.45) is 0. The smallest absolute Gasteiger partial charge is 0.264 e. The molecule has 11 heteroatoms. The van der Waals surface area contributed by atoms with Crippen molar-refractivity contribution in [3.05, 3.63) is 86.8 Å². The van der Waals surface area contributed by atoms with Crippen molar-refractivity contribution in [1.29, 1.82) is 0 Å². The number of sulfonamides is 1. The van der Waals surface area contributed by atoms with Crippen LogP contribution in [-0.2, 0) is 26.2 Å². The number of amides is 2. The maximum Gasteiger partial charge on any atom is 0.264 e. The van der Waals surface area contributed by atoms with Gasteiger partial charge in [-0.15, -0.1) is 0 Å². The topological polar surface area (TPSA) is 96.0 Å². The Labute approximate surface area is 259 Å². The van der Waals surface area contributed by atoms with Gasteiger partial charge in [-0.2, -0.15) is 0 Å². The van der Waals surface area contributed by atoms with E-state index < -0.39 is 28.5 Å². The number of halogens is 2. The number of nitrogens with one attached hydrogen (secondary N) is 1. The van der Waals surface area contributed by atoms with Crippen LogP contribution in [0.15, 0.2) is 80.6 Å². The van der Waals surface area contributed by atoms with Crippen LogP contribution in [0.5, 0.6) is 5.75 Å². The number of benzene rings is 3. The molecule has 41 heavy (non-hydrogen) atoms. The van der Waals surface area contributed by atoms with Crippen LogP contribution < -0.4 is 14.4 Å². The molecule has 3 aromatic rings. The number of nitrogens with zero attached hydrogens (tertiary/aromatic N) is 2. The number of aryl methyl sites for hydroxylation is 1. The second kappa shape index (κ2) is 14.3. The lowest BCUT2D eigenvalue weighted by Crippen LogP contribution is -2.51. The zero-order valence-corrected chi connectivity index (χ0v) is 27.7. The molecule has 0 spiro atoms. The Hall–Kier alpha value is -2.89. The monoisotopic (exact) mass is 707 g/mol. The quantitative estimate of drug-likeness (QED) is 0.252. The van der Waals surface area contributed by atoms with Crippen molar-refractivity contribution in [1.82, 2.24) is 10.2 Å². The first-order valence-corrected chi connectivity index (χ1v) is 16.1. The van der Waals surface area contributed by atoms with Gasteiger partial charge in [0.2, 0.25) is 11.8 Å². The highest BCUT2D eigenvalue weighted by molar-refractivity contribution is 9.10. The summed E-state index contributed by atoms with van der Waals surface area (Å²) in [5, 5.41) is 2.89. The van der Waals surface area contributed by atoms with Gasteiger partial charge in [-0.25, -0.2) is 8.42 Å². The Bertz CT molecular complexity index is 1460. The highest BCUT2D eigenvalue weighted by atomic mass is 79.9. The minimum absolute atomic E-state index is 0.0132. The van der Waals surface area contributed by atoms with Crippen LogP contribution in [0.4, 0.5) is 5.69 Å². The molecule has 1 N–H and O–H groups in total. The number of hydrogen-bond donors (Lipinski definition) is 1. The molecule has 0 aromatic heterocycles. The van der Waals surface area contributed by atoms with Gasteiger partial charge >= 0.3 is 0 Å². The maximum atomic E-state index is 14.0. The Morgan fingerprint density at radius 1 is 0.951 bits per heavy atom. The number of methoxy groups -OCH3 is 1. The average molecular weight is 710 g/mol. The summed E-state index contributed by atoms with van der Waals surface area (Å²) in [5.41, 5.74) is 2.07. The third kappa shape index (κ3) is 8.56. The molecule has 2 amide bonds. The normalized spacial score (nSPS) is 12.1. The molecule has 0 aliphatic carbocycles. The lowest BCUT2D eigenvalue weighted by atomic mass is 10.1. The molecular formula is C30H35Br2N3O5S. The Kier molecular flexibility index (Phi) is 11.4. The van der Waals surface area contributed by atoms with Crippen molar-refractivity contribution < 1.29 is 22.7 Å². The highest BCUT2D eigenvalue weighted by Gasteiger charge is 2.33. The van der Waals surface area contributed by atoms with Crippen LogP contribution in [0, 0.1) is 12.8 Å². The SMILES string of the molecule is COc1ccc(S(=O)(=O)N(CC(=O)N(Cc2ccc(Br)cc2)[C@@H](C)C(=O)NCC(C)C)c2ccc(C)cc2)cc1Br. The van der Waals surface area contributed by atoms with Crippen molar-refractivity contribution in [2.45, 2.75) is 45.2 Å². The van der Waals surface area contributed by atoms with Crippen molar-refractivity contribution in [2.75, 3.05) is 24.5 Å². The fourth-order valence-corrected chi connectivity index (χ4v) is 6.39. The number of rotatable bonds is 12. The molecule has 1 atom stereocenters. The Morgan fingerprint density at radius 3 is 2.15 bits per heavy atom. The summed E-state index contributed by atoms with van der Waals surface area (Å²) in [6, 6.07) is 17.9. The minimum atomic E-state index is -4.20. The van der Waals surface area contributed by atoms with E-state index in [1.54, 1.807) is 37.3 Å². The van der Waals surface area contributed by atoms with E-state index in [1.165, 1.54) is 24.1 Å². The number of carbonyl (C=O) groups excluding carboxylic acids is 2. The Morgan fingerprint density at radius 2 is 1.59 bits per heavy atom. The van der Waals surface area contributed by atoms with E-state index in [9.17, 15) is 18.0 Å². The zero-order valence-electron chi connectivity index (χ0n) is 23.7. The van der Waals surface area contributed by atoms with Crippen molar-refractivity contribution in [3.63, 3.8) is 0 Å². The molecule has 0 saturated carbocycles. The van der Waals surface area contributed by atoms with E-state index in [-0.39, 0.29) is 23.3 Å². The molecule has 8 nitrogen and oxygen atoms in total. The van der Waals surface area contributed by atoms with Gasteiger partial charge in [-0.1, -0.05) is 59.6 Å². The average Bonchev–Trinajstić information content (AvgIpc) is 2.94. The summed E-state index contributed by atoms with van der Waals surface area (Å²) in [7, 11) is -2.71. The molecule has 3 rings (SSSR count). The third-order valence-corrected chi connectivity index (χ3v) is 9.35. The standard InChI is InChI=1S/C30H35Br2N3O5S/c1-20(2)17-33-30(37)22(4)34(18-23-8-10-24(31)11-9-23)29(36)19-35(25-12-6-21(3)7-13-25)41(38,39)26-14-15-28(40-5)27(32)16-26/h6-16,20,22H,17-19H2,1-5H3,(H,33,37)/t22-/m0/s1. The summed E-state index contributed by atoms with van der Waals surface area (Å²) in [5.74, 6) is -0.124. The molecular weight excluding hydrogens is 674 g/mol. The third-order valence-electron chi connectivity index (χ3n) is 6.43. The van der Waals surface area contributed by atoms with Crippen LogP contribution in [0.25, 0.3) is 0 Å². The molecule has 0 saturated heterocycles. The number of anilines is 1. The lowest BCUT2D eigenvalue weighted by molar-refractivity contribution is -0.139. The number of carbonyl (C=O) groups is 2. The number of hydrogen-bond acceptors (Lipinski definition) is 5. The molecule has 0 aliphatic rings. The first-order chi connectivity index (χ1) is 19.3. The van der Waals surface area contributed by atoms with Crippen LogP contribution in [-0.4, -0.2) is 51.4 Å². The van der Waals surface area contributed by atoms with Crippen LogP contribution in [0.2, 0.25) is 0 Å². The van der Waals surface area contributed by atoms with Gasteiger partial charge in [0, 0.05) is 17.6 Å². The molecule has 0 radical (unpaired) electrons. The van der Waals surface area contributed by atoms with Gasteiger partial charge in [0.25, 0.3) is 10.0 Å². The van der Waals surface area contributed by atoms with Crippen LogP contribution in [0.1, 0.15) is 31.9 Å². The highest BCUT2D eigenvalue weighted by Crippen LogP contribution is 2.31. The van der Waals surface area contributed by atoms with E-state index in [2.05, 4.69) is 37.2 Å². The zero-order chi connectivity index (χ0) is 30.3.